The summed E-state index contributed by atoms with van der Waals surface area (Å²) in [5.74, 6) is 0. The highest BCUT2D eigenvalue weighted by Crippen LogP contribution is 2.34. The standard InChI is InChI=1S/C15H20Cl2N2O2/c1-15(2,3)21-14(20)19-8-7-18-9-12(19)10-5-4-6-11(16)13(10)17/h4-6,12,18H,7-9H2,1-3H3/t12-/m1/s1. The summed E-state index contributed by atoms with van der Waals surface area (Å²) >= 11 is 12.4. The molecule has 2 rings (SSSR count). The molecule has 6 heteroatoms. The molecule has 1 fully saturated rings. The fraction of sp³-hybridized carbons (Fsp3) is 0.533. The van der Waals surface area contributed by atoms with E-state index in [1.54, 1.807) is 11.0 Å². The molecule has 1 N–H and O–H groups in total. The molecular weight excluding hydrogens is 311 g/mol. The number of halogens is 2. The average Bonchev–Trinajstić information content (AvgIpc) is 2.40. The van der Waals surface area contributed by atoms with Crippen LogP contribution in [0.4, 0.5) is 4.79 Å². The second kappa shape index (κ2) is 6.42. The molecule has 1 amide bonds. The minimum Gasteiger partial charge on any atom is -0.444 e. The van der Waals surface area contributed by atoms with E-state index in [0.29, 0.717) is 23.1 Å². The summed E-state index contributed by atoms with van der Waals surface area (Å²) < 4.78 is 5.48. The Hall–Kier alpha value is -0.970. The van der Waals surface area contributed by atoms with Gasteiger partial charge in [0, 0.05) is 19.6 Å². The summed E-state index contributed by atoms with van der Waals surface area (Å²) in [7, 11) is 0. The van der Waals surface area contributed by atoms with Crippen molar-refractivity contribution < 1.29 is 9.53 Å². The molecule has 1 atom stereocenters. The van der Waals surface area contributed by atoms with Gasteiger partial charge in [-0.25, -0.2) is 4.79 Å². The van der Waals surface area contributed by atoms with Crippen LogP contribution in [0.2, 0.25) is 10.0 Å². The van der Waals surface area contributed by atoms with Crippen molar-refractivity contribution in [1.29, 1.82) is 0 Å². The number of nitrogens with zero attached hydrogens (tertiary/aromatic N) is 1. The SMILES string of the molecule is CC(C)(C)OC(=O)N1CCNC[C@@H]1c1cccc(Cl)c1Cl. The topological polar surface area (TPSA) is 41.6 Å². The number of carbonyl (C=O) groups excluding carboxylic acids is 1. The lowest BCUT2D eigenvalue weighted by atomic mass is 10.0. The number of hydrogen-bond donors (Lipinski definition) is 1. The molecule has 1 heterocycles. The maximum absolute atomic E-state index is 12.4. The van der Waals surface area contributed by atoms with E-state index >= 15 is 0 Å². The molecule has 1 saturated heterocycles. The number of carbonyl (C=O) groups is 1. The predicted molar refractivity (Wildman–Crippen MR) is 85.0 cm³/mol. The minimum atomic E-state index is -0.523. The van der Waals surface area contributed by atoms with Crippen LogP contribution in [0.25, 0.3) is 0 Å². The first-order chi connectivity index (χ1) is 9.79. The summed E-state index contributed by atoms with van der Waals surface area (Å²) in [6, 6.07) is 5.29. The van der Waals surface area contributed by atoms with E-state index in [0.717, 1.165) is 12.1 Å². The van der Waals surface area contributed by atoms with Gasteiger partial charge in [0.05, 0.1) is 16.1 Å². The summed E-state index contributed by atoms with van der Waals surface area (Å²) in [5.41, 5.74) is 0.312. The molecule has 116 valence electrons. The summed E-state index contributed by atoms with van der Waals surface area (Å²) in [6.45, 7) is 7.49. The highest BCUT2D eigenvalue weighted by atomic mass is 35.5. The van der Waals surface area contributed by atoms with Crippen molar-refractivity contribution in [3.63, 3.8) is 0 Å². The second-order valence-electron chi connectivity index (χ2n) is 6.04. The number of piperazine rings is 1. The lowest BCUT2D eigenvalue weighted by Gasteiger charge is -2.37. The summed E-state index contributed by atoms with van der Waals surface area (Å²) in [6.07, 6.45) is -0.329. The maximum atomic E-state index is 12.4. The first-order valence-corrected chi connectivity index (χ1v) is 7.69. The quantitative estimate of drug-likeness (QED) is 0.849. The van der Waals surface area contributed by atoms with E-state index in [2.05, 4.69) is 5.32 Å². The van der Waals surface area contributed by atoms with Gasteiger partial charge in [-0.3, -0.25) is 4.90 Å². The van der Waals surface area contributed by atoms with Crippen LogP contribution in [0.1, 0.15) is 32.4 Å². The number of benzene rings is 1. The number of nitrogens with one attached hydrogen (secondary N) is 1. The summed E-state index contributed by atoms with van der Waals surface area (Å²) in [4.78, 5) is 14.1. The first-order valence-electron chi connectivity index (χ1n) is 6.94. The molecule has 21 heavy (non-hydrogen) atoms. The monoisotopic (exact) mass is 330 g/mol. The smallest absolute Gasteiger partial charge is 0.410 e. The Balaban J connectivity index is 2.27. The Bertz CT molecular complexity index is 529. The predicted octanol–water partition coefficient (Wildman–Crippen LogP) is 3.87. The molecule has 0 aromatic heterocycles. The van der Waals surface area contributed by atoms with Gasteiger partial charge >= 0.3 is 6.09 Å². The fourth-order valence-electron chi connectivity index (χ4n) is 2.30. The van der Waals surface area contributed by atoms with Crippen molar-refractivity contribution in [1.82, 2.24) is 10.2 Å². The Morgan fingerprint density at radius 1 is 1.38 bits per heavy atom. The second-order valence-corrected chi connectivity index (χ2v) is 6.82. The van der Waals surface area contributed by atoms with Crippen LogP contribution < -0.4 is 5.32 Å². The van der Waals surface area contributed by atoms with E-state index in [1.165, 1.54) is 0 Å². The largest absolute Gasteiger partial charge is 0.444 e. The molecule has 0 aliphatic carbocycles. The van der Waals surface area contributed by atoms with E-state index in [-0.39, 0.29) is 12.1 Å². The molecule has 0 saturated carbocycles. The zero-order valence-electron chi connectivity index (χ0n) is 12.5. The Morgan fingerprint density at radius 3 is 2.76 bits per heavy atom. The van der Waals surface area contributed by atoms with Crippen LogP contribution in [0.5, 0.6) is 0 Å². The number of amides is 1. The molecular formula is C15H20Cl2N2O2. The van der Waals surface area contributed by atoms with Crippen LogP contribution in [0.3, 0.4) is 0 Å². The molecule has 1 aromatic rings. The van der Waals surface area contributed by atoms with Crippen molar-refractivity contribution in [2.24, 2.45) is 0 Å². The summed E-state index contributed by atoms with van der Waals surface area (Å²) in [5, 5.41) is 4.25. The zero-order valence-corrected chi connectivity index (χ0v) is 14.0. The average molecular weight is 331 g/mol. The van der Waals surface area contributed by atoms with Crippen molar-refractivity contribution in [2.75, 3.05) is 19.6 Å². The van der Waals surface area contributed by atoms with Gasteiger partial charge in [-0.15, -0.1) is 0 Å². The third kappa shape index (κ3) is 4.02. The molecule has 1 aromatic carbocycles. The van der Waals surface area contributed by atoms with Crippen molar-refractivity contribution in [3.8, 4) is 0 Å². The highest BCUT2D eigenvalue weighted by Gasteiger charge is 2.32. The maximum Gasteiger partial charge on any atom is 0.410 e. The lowest BCUT2D eigenvalue weighted by Crippen LogP contribution is -2.50. The lowest BCUT2D eigenvalue weighted by molar-refractivity contribution is 0.0118. The Kier molecular flexibility index (Phi) is 5.02. The number of hydrogen-bond acceptors (Lipinski definition) is 3. The van der Waals surface area contributed by atoms with Crippen molar-refractivity contribution >= 4 is 29.3 Å². The van der Waals surface area contributed by atoms with E-state index in [4.69, 9.17) is 27.9 Å². The van der Waals surface area contributed by atoms with Gasteiger partial charge < -0.3 is 10.1 Å². The van der Waals surface area contributed by atoms with Crippen molar-refractivity contribution in [2.45, 2.75) is 32.4 Å². The highest BCUT2D eigenvalue weighted by molar-refractivity contribution is 6.42. The van der Waals surface area contributed by atoms with Crippen LogP contribution in [-0.2, 0) is 4.74 Å². The van der Waals surface area contributed by atoms with Gasteiger partial charge in [0.1, 0.15) is 5.60 Å². The van der Waals surface area contributed by atoms with Gasteiger partial charge in [-0.05, 0) is 32.4 Å². The molecule has 4 nitrogen and oxygen atoms in total. The minimum absolute atomic E-state index is 0.181. The third-order valence-electron chi connectivity index (χ3n) is 3.21. The van der Waals surface area contributed by atoms with Crippen molar-refractivity contribution in [3.05, 3.63) is 33.8 Å². The van der Waals surface area contributed by atoms with Gasteiger partial charge in [0.15, 0.2) is 0 Å². The Morgan fingerprint density at radius 2 is 2.10 bits per heavy atom. The molecule has 0 spiro atoms. The van der Waals surface area contributed by atoms with Crippen LogP contribution >= 0.6 is 23.2 Å². The van der Waals surface area contributed by atoms with Crippen LogP contribution in [0, 0.1) is 0 Å². The molecule has 0 unspecified atom stereocenters. The molecule has 0 radical (unpaired) electrons. The molecule has 1 aliphatic heterocycles. The fourth-order valence-corrected chi connectivity index (χ4v) is 2.73. The normalized spacial score (nSPS) is 19.5. The van der Waals surface area contributed by atoms with Gasteiger partial charge in [0.2, 0.25) is 0 Å². The van der Waals surface area contributed by atoms with Crippen LogP contribution in [0.15, 0.2) is 18.2 Å². The van der Waals surface area contributed by atoms with Gasteiger partial charge in [0.25, 0.3) is 0 Å². The van der Waals surface area contributed by atoms with Gasteiger partial charge in [-0.2, -0.15) is 0 Å². The molecule has 0 bridgehead atoms. The van der Waals surface area contributed by atoms with Crippen LogP contribution in [-0.4, -0.2) is 36.2 Å². The van der Waals surface area contributed by atoms with E-state index in [1.807, 2.05) is 32.9 Å². The Labute approximate surface area is 135 Å². The molecule has 1 aliphatic rings. The number of rotatable bonds is 1. The zero-order chi connectivity index (χ0) is 15.6. The van der Waals surface area contributed by atoms with Gasteiger partial charge in [-0.1, -0.05) is 35.3 Å². The third-order valence-corrected chi connectivity index (χ3v) is 4.05. The van der Waals surface area contributed by atoms with E-state index < -0.39 is 5.60 Å². The van der Waals surface area contributed by atoms with E-state index in [9.17, 15) is 4.79 Å². The number of ether oxygens (including phenoxy) is 1. The first kappa shape index (κ1) is 16.4.